The van der Waals surface area contributed by atoms with Crippen molar-refractivity contribution in [2.75, 3.05) is 0 Å². The number of aryl methyl sites for hydroxylation is 2. The Balaban J connectivity index is 2.55. The van der Waals surface area contributed by atoms with Crippen LogP contribution in [0.5, 0.6) is 0 Å². The third-order valence-electron chi connectivity index (χ3n) is 2.10. The zero-order chi connectivity index (χ0) is 10.1. The number of rotatable bonds is 1. The zero-order valence-electron chi connectivity index (χ0n) is 8.03. The van der Waals surface area contributed by atoms with Crippen molar-refractivity contribution in [3.63, 3.8) is 0 Å². The van der Waals surface area contributed by atoms with Crippen LogP contribution in [0, 0.1) is 6.92 Å². The molecule has 0 unspecified atom stereocenters. The minimum Gasteiger partial charge on any atom is -0.243 e. The molecule has 0 aliphatic rings. The quantitative estimate of drug-likeness (QED) is 0.780. The topological polar surface area (TPSA) is 30.7 Å². The van der Waals surface area contributed by atoms with Crippen LogP contribution in [0.2, 0.25) is 0 Å². The average Bonchev–Trinajstić information content (AvgIpc) is 2.48. The van der Waals surface area contributed by atoms with Gasteiger partial charge in [0.2, 0.25) is 0 Å². The molecule has 0 bridgehead atoms. The second-order valence-corrected chi connectivity index (χ2v) is 3.85. The van der Waals surface area contributed by atoms with E-state index in [0.717, 1.165) is 16.1 Å². The lowest BCUT2D eigenvalue weighted by molar-refractivity contribution is 0.747. The summed E-state index contributed by atoms with van der Waals surface area (Å²) in [6.45, 7) is 2.06. The molecule has 1 aromatic carbocycles. The Morgan fingerprint density at radius 2 is 2.00 bits per heavy atom. The first-order chi connectivity index (χ1) is 6.68. The van der Waals surface area contributed by atoms with Crippen LogP contribution in [0.3, 0.4) is 0 Å². The highest BCUT2D eigenvalue weighted by atomic mass is 79.9. The Labute approximate surface area is 90.9 Å². The summed E-state index contributed by atoms with van der Waals surface area (Å²) in [5.41, 5.74) is 2.26. The van der Waals surface area contributed by atoms with Crippen molar-refractivity contribution >= 4 is 15.9 Å². The van der Waals surface area contributed by atoms with Gasteiger partial charge in [0.05, 0.1) is 0 Å². The molecule has 0 saturated heterocycles. The van der Waals surface area contributed by atoms with Crippen LogP contribution in [0.1, 0.15) is 5.56 Å². The lowest BCUT2D eigenvalue weighted by atomic mass is 10.1. The van der Waals surface area contributed by atoms with Crippen LogP contribution >= 0.6 is 15.9 Å². The van der Waals surface area contributed by atoms with Gasteiger partial charge in [0.15, 0.2) is 10.6 Å². The van der Waals surface area contributed by atoms with Gasteiger partial charge in [-0.3, -0.25) is 0 Å². The van der Waals surface area contributed by atoms with E-state index in [1.165, 1.54) is 5.56 Å². The predicted molar refractivity (Wildman–Crippen MR) is 58.9 cm³/mol. The number of hydrogen-bond donors (Lipinski definition) is 0. The van der Waals surface area contributed by atoms with E-state index in [-0.39, 0.29) is 0 Å². The Hall–Kier alpha value is -1.16. The monoisotopic (exact) mass is 251 g/mol. The van der Waals surface area contributed by atoms with Crippen molar-refractivity contribution in [1.82, 2.24) is 14.8 Å². The Morgan fingerprint density at radius 3 is 2.57 bits per heavy atom. The van der Waals surface area contributed by atoms with E-state index >= 15 is 0 Å². The minimum atomic E-state index is 0.746. The van der Waals surface area contributed by atoms with Crippen molar-refractivity contribution < 1.29 is 0 Å². The van der Waals surface area contributed by atoms with Crippen LogP contribution in [-0.4, -0.2) is 14.8 Å². The highest BCUT2D eigenvalue weighted by Crippen LogP contribution is 2.20. The molecule has 0 fully saturated rings. The van der Waals surface area contributed by atoms with Crippen LogP contribution in [0.4, 0.5) is 0 Å². The third-order valence-corrected chi connectivity index (χ3v) is 2.79. The first kappa shape index (κ1) is 9.40. The van der Waals surface area contributed by atoms with Crippen molar-refractivity contribution in [1.29, 1.82) is 0 Å². The van der Waals surface area contributed by atoms with Crippen molar-refractivity contribution in [3.05, 3.63) is 34.6 Å². The first-order valence-corrected chi connectivity index (χ1v) is 5.10. The fourth-order valence-corrected chi connectivity index (χ4v) is 1.55. The molecule has 0 amide bonds. The second-order valence-electron chi connectivity index (χ2n) is 3.14. The first-order valence-electron chi connectivity index (χ1n) is 4.31. The van der Waals surface area contributed by atoms with Crippen LogP contribution in [-0.2, 0) is 7.05 Å². The molecule has 0 atom stereocenters. The molecular weight excluding hydrogens is 242 g/mol. The molecule has 1 heterocycles. The van der Waals surface area contributed by atoms with E-state index < -0.39 is 0 Å². The SMILES string of the molecule is Cc1ccccc1-c1nc(Br)n(C)n1. The van der Waals surface area contributed by atoms with Crippen LogP contribution in [0.25, 0.3) is 11.4 Å². The van der Waals surface area contributed by atoms with E-state index in [1.54, 1.807) is 4.68 Å². The molecule has 72 valence electrons. The molecule has 4 heteroatoms. The highest BCUT2D eigenvalue weighted by Gasteiger charge is 2.08. The van der Waals surface area contributed by atoms with Gasteiger partial charge in [-0.25, -0.2) is 9.67 Å². The Kier molecular flexibility index (Phi) is 2.37. The number of halogens is 1. The smallest absolute Gasteiger partial charge is 0.195 e. The van der Waals surface area contributed by atoms with Gasteiger partial charge in [-0.2, -0.15) is 5.10 Å². The summed E-state index contributed by atoms with van der Waals surface area (Å²) in [7, 11) is 1.86. The summed E-state index contributed by atoms with van der Waals surface area (Å²) in [6, 6.07) is 8.08. The van der Waals surface area contributed by atoms with Crippen molar-refractivity contribution in [3.8, 4) is 11.4 Å². The van der Waals surface area contributed by atoms with Gasteiger partial charge >= 0.3 is 0 Å². The molecule has 0 radical (unpaired) electrons. The van der Waals surface area contributed by atoms with Gasteiger partial charge in [0.1, 0.15) is 0 Å². The molecule has 2 aromatic rings. The summed E-state index contributed by atoms with van der Waals surface area (Å²) in [4.78, 5) is 4.31. The van der Waals surface area contributed by atoms with Crippen molar-refractivity contribution in [2.24, 2.45) is 7.05 Å². The van der Waals surface area contributed by atoms with E-state index in [4.69, 9.17) is 0 Å². The largest absolute Gasteiger partial charge is 0.243 e. The van der Waals surface area contributed by atoms with E-state index in [9.17, 15) is 0 Å². The molecule has 2 rings (SSSR count). The van der Waals surface area contributed by atoms with Gasteiger partial charge in [0.25, 0.3) is 0 Å². The third kappa shape index (κ3) is 1.57. The minimum absolute atomic E-state index is 0.746. The van der Waals surface area contributed by atoms with Gasteiger partial charge in [-0.15, -0.1) is 0 Å². The standard InChI is InChI=1S/C10H10BrN3/c1-7-5-3-4-6-8(7)9-12-10(11)14(2)13-9/h3-6H,1-2H3. The molecular formula is C10H10BrN3. The number of hydrogen-bond acceptors (Lipinski definition) is 2. The lowest BCUT2D eigenvalue weighted by Crippen LogP contribution is -1.90. The summed E-state index contributed by atoms with van der Waals surface area (Å²) in [5.74, 6) is 0.762. The molecule has 0 spiro atoms. The molecule has 3 nitrogen and oxygen atoms in total. The lowest BCUT2D eigenvalue weighted by Gasteiger charge is -1.98. The van der Waals surface area contributed by atoms with Crippen LogP contribution in [0.15, 0.2) is 29.0 Å². The van der Waals surface area contributed by atoms with Gasteiger partial charge in [-0.1, -0.05) is 24.3 Å². The van der Waals surface area contributed by atoms with E-state index in [1.807, 2.05) is 25.2 Å². The summed E-state index contributed by atoms with van der Waals surface area (Å²) in [6.07, 6.45) is 0. The second kappa shape index (κ2) is 3.53. The molecule has 0 N–H and O–H groups in total. The van der Waals surface area contributed by atoms with Gasteiger partial charge < -0.3 is 0 Å². The van der Waals surface area contributed by atoms with Gasteiger partial charge in [0, 0.05) is 12.6 Å². The summed E-state index contributed by atoms with van der Waals surface area (Å²) < 4.78 is 2.46. The summed E-state index contributed by atoms with van der Waals surface area (Å²) >= 11 is 3.33. The van der Waals surface area contributed by atoms with Crippen molar-refractivity contribution in [2.45, 2.75) is 6.92 Å². The number of benzene rings is 1. The Morgan fingerprint density at radius 1 is 1.29 bits per heavy atom. The normalized spacial score (nSPS) is 10.5. The molecule has 0 aliphatic heterocycles. The molecule has 0 saturated carbocycles. The molecule has 0 aliphatic carbocycles. The van der Waals surface area contributed by atoms with Gasteiger partial charge in [-0.05, 0) is 28.4 Å². The van der Waals surface area contributed by atoms with E-state index in [2.05, 4.69) is 39.0 Å². The predicted octanol–water partition coefficient (Wildman–Crippen LogP) is 2.55. The molecule has 14 heavy (non-hydrogen) atoms. The molecule has 1 aromatic heterocycles. The maximum Gasteiger partial charge on any atom is 0.195 e. The van der Waals surface area contributed by atoms with E-state index in [0.29, 0.717) is 0 Å². The maximum absolute atomic E-state index is 4.31. The average molecular weight is 252 g/mol. The Bertz CT molecular complexity index is 443. The fraction of sp³-hybridized carbons (Fsp3) is 0.200. The zero-order valence-corrected chi connectivity index (χ0v) is 9.62. The maximum atomic E-state index is 4.31. The fourth-order valence-electron chi connectivity index (χ4n) is 1.30. The van der Waals surface area contributed by atoms with Crippen LogP contribution < -0.4 is 0 Å². The highest BCUT2D eigenvalue weighted by molar-refractivity contribution is 9.10. The number of nitrogens with zero attached hydrogens (tertiary/aromatic N) is 3. The number of aromatic nitrogens is 3. The summed E-state index contributed by atoms with van der Waals surface area (Å²) in [5, 5.41) is 4.30.